The van der Waals surface area contributed by atoms with E-state index in [4.69, 9.17) is 4.42 Å². The zero-order chi connectivity index (χ0) is 14.1. The Kier molecular flexibility index (Phi) is 3.59. The van der Waals surface area contributed by atoms with Crippen molar-refractivity contribution in [3.63, 3.8) is 0 Å². The van der Waals surface area contributed by atoms with Gasteiger partial charge in [0, 0.05) is 4.47 Å². The van der Waals surface area contributed by atoms with Gasteiger partial charge in [-0.15, -0.1) is 0 Å². The quantitative estimate of drug-likeness (QED) is 0.783. The molecule has 3 aromatic rings. The molecule has 1 unspecified atom stereocenters. The van der Waals surface area contributed by atoms with Gasteiger partial charge in [-0.05, 0) is 42.3 Å². The third-order valence-corrected chi connectivity index (χ3v) is 3.79. The Morgan fingerprint density at radius 3 is 2.80 bits per heavy atom. The predicted octanol–water partition coefficient (Wildman–Crippen LogP) is 4.17. The molecule has 0 aliphatic heterocycles. The topological polar surface area (TPSA) is 46.3 Å². The van der Waals surface area contributed by atoms with Crippen LogP contribution in [0.25, 0.3) is 11.1 Å². The number of aryl methyl sites for hydroxylation is 1. The Bertz CT molecular complexity index is 718. The molecular formula is C16H14BrNO2. The molecule has 0 radical (unpaired) electrons. The summed E-state index contributed by atoms with van der Waals surface area (Å²) < 4.78 is 6.65. The molecular weight excluding hydrogens is 318 g/mol. The lowest BCUT2D eigenvalue weighted by Gasteiger charge is -2.12. The molecule has 1 heterocycles. The third kappa shape index (κ3) is 2.62. The highest BCUT2D eigenvalue weighted by Gasteiger charge is 2.15. The Balaban J connectivity index is 1.86. The van der Waals surface area contributed by atoms with Gasteiger partial charge in [0.2, 0.25) is 0 Å². The fourth-order valence-electron chi connectivity index (χ4n) is 2.30. The lowest BCUT2D eigenvalue weighted by atomic mass is 10.0. The van der Waals surface area contributed by atoms with Crippen LogP contribution in [0.3, 0.4) is 0 Å². The summed E-state index contributed by atoms with van der Waals surface area (Å²) in [6.07, 6.45) is -0.242. The highest BCUT2D eigenvalue weighted by molar-refractivity contribution is 9.10. The highest BCUT2D eigenvalue weighted by Crippen LogP contribution is 2.25. The number of nitrogens with zero attached hydrogens (tertiary/aromatic N) is 1. The predicted molar refractivity (Wildman–Crippen MR) is 81.6 cm³/mol. The molecule has 3 nitrogen and oxygen atoms in total. The smallest absolute Gasteiger partial charge is 0.198 e. The number of hydrogen-bond donors (Lipinski definition) is 1. The molecule has 1 aromatic heterocycles. The second kappa shape index (κ2) is 5.38. The van der Waals surface area contributed by atoms with Gasteiger partial charge in [-0.25, -0.2) is 4.98 Å². The number of fused-ring (bicyclic) bond motifs is 1. The first-order chi connectivity index (χ1) is 9.63. The summed E-state index contributed by atoms with van der Waals surface area (Å²) >= 11 is 3.42. The summed E-state index contributed by atoms with van der Waals surface area (Å²) in [5.41, 5.74) is 3.52. The molecule has 0 aliphatic rings. The maximum Gasteiger partial charge on any atom is 0.198 e. The number of benzene rings is 2. The van der Waals surface area contributed by atoms with Crippen molar-refractivity contribution >= 4 is 27.0 Å². The van der Waals surface area contributed by atoms with E-state index in [2.05, 4.69) is 20.9 Å². The molecule has 0 aliphatic carbocycles. The minimum absolute atomic E-state index is 0.372. The van der Waals surface area contributed by atoms with Gasteiger partial charge in [-0.2, -0.15) is 0 Å². The van der Waals surface area contributed by atoms with E-state index in [1.54, 1.807) is 0 Å². The molecule has 0 spiro atoms. The van der Waals surface area contributed by atoms with Crippen LogP contribution in [0.1, 0.15) is 23.1 Å². The minimum Gasteiger partial charge on any atom is -0.441 e. The van der Waals surface area contributed by atoms with Crippen LogP contribution in [-0.2, 0) is 6.42 Å². The molecule has 3 rings (SSSR count). The van der Waals surface area contributed by atoms with Crippen molar-refractivity contribution in [2.75, 3.05) is 0 Å². The van der Waals surface area contributed by atoms with Crippen molar-refractivity contribution in [1.82, 2.24) is 4.98 Å². The van der Waals surface area contributed by atoms with Crippen LogP contribution in [0.2, 0.25) is 0 Å². The van der Waals surface area contributed by atoms with E-state index >= 15 is 0 Å². The van der Waals surface area contributed by atoms with Crippen molar-refractivity contribution in [3.05, 3.63) is 64.0 Å². The van der Waals surface area contributed by atoms with Crippen molar-refractivity contribution in [1.29, 1.82) is 0 Å². The lowest BCUT2D eigenvalue weighted by molar-refractivity contribution is 0.168. The summed E-state index contributed by atoms with van der Waals surface area (Å²) in [6.45, 7) is 1.98. The summed E-state index contributed by atoms with van der Waals surface area (Å²) in [7, 11) is 0. The molecule has 4 heteroatoms. The normalized spacial score (nSPS) is 12.8. The zero-order valence-corrected chi connectivity index (χ0v) is 12.6. The maximum absolute atomic E-state index is 10.4. The van der Waals surface area contributed by atoms with Gasteiger partial charge in [-0.1, -0.05) is 34.1 Å². The second-order valence-electron chi connectivity index (χ2n) is 4.80. The number of para-hydroxylation sites is 2. The Morgan fingerprint density at radius 1 is 1.25 bits per heavy atom. The number of rotatable bonds is 3. The summed E-state index contributed by atoms with van der Waals surface area (Å²) in [4.78, 5) is 4.39. The van der Waals surface area contributed by atoms with Crippen LogP contribution in [0.15, 0.2) is 51.4 Å². The second-order valence-corrected chi connectivity index (χ2v) is 5.71. The average molecular weight is 332 g/mol. The number of aliphatic hydroxyl groups is 1. The molecule has 102 valence electrons. The monoisotopic (exact) mass is 331 g/mol. The fraction of sp³-hybridized carbons (Fsp3) is 0.188. The molecule has 1 atom stereocenters. The van der Waals surface area contributed by atoms with Crippen LogP contribution < -0.4 is 0 Å². The van der Waals surface area contributed by atoms with Crippen LogP contribution in [0.4, 0.5) is 0 Å². The zero-order valence-electron chi connectivity index (χ0n) is 11.0. The summed E-state index contributed by atoms with van der Waals surface area (Å²) in [5.74, 6) is 0.556. The Morgan fingerprint density at radius 2 is 2.05 bits per heavy atom. The van der Waals surface area contributed by atoms with Gasteiger partial charge >= 0.3 is 0 Å². The van der Waals surface area contributed by atoms with Gasteiger partial charge in [-0.3, -0.25) is 0 Å². The number of halogens is 1. The third-order valence-electron chi connectivity index (χ3n) is 3.30. The molecule has 2 aromatic carbocycles. The van der Waals surface area contributed by atoms with Gasteiger partial charge in [0.15, 0.2) is 11.5 Å². The van der Waals surface area contributed by atoms with E-state index < -0.39 is 6.10 Å². The van der Waals surface area contributed by atoms with Crippen LogP contribution in [0.5, 0.6) is 0 Å². The first kappa shape index (κ1) is 13.3. The molecule has 20 heavy (non-hydrogen) atoms. The van der Waals surface area contributed by atoms with E-state index in [-0.39, 0.29) is 0 Å². The number of aromatic nitrogens is 1. The van der Waals surface area contributed by atoms with Gasteiger partial charge < -0.3 is 9.52 Å². The van der Waals surface area contributed by atoms with E-state index in [0.29, 0.717) is 12.3 Å². The van der Waals surface area contributed by atoms with E-state index in [1.807, 2.05) is 49.4 Å². The standard InChI is InChI=1S/C16H14BrNO2/c1-10-8-11(17)6-7-12(10)14(19)9-16-18-13-4-2-3-5-15(13)20-16/h2-8,14,19H,9H2,1H3. The number of oxazole rings is 1. The van der Waals surface area contributed by atoms with Gasteiger partial charge in [0.1, 0.15) is 5.52 Å². The number of hydrogen-bond acceptors (Lipinski definition) is 3. The SMILES string of the molecule is Cc1cc(Br)ccc1C(O)Cc1nc2ccccc2o1. The highest BCUT2D eigenvalue weighted by atomic mass is 79.9. The summed E-state index contributed by atoms with van der Waals surface area (Å²) in [6, 6.07) is 13.5. The van der Waals surface area contributed by atoms with Gasteiger partial charge in [0.05, 0.1) is 12.5 Å². The van der Waals surface area contributed by atoms with Crippen LogP contribution >= 0.6 is 15.9 Å². The Hall–Kier alpha value is -1.65. The molecule has 0 saturated carbocycles. The van der Waals surface area contributed by atoms with E-state index in [1.165, 1.54) is 0 Å². The summed E-state index contributed by atoms with van der Waals surface area (Å²) in [5, 5.41) is 10.4. The largest absolute Gasteiger partial charge is 0.441 e. The van der Waals surface area contributed by atoms with E-state index in [0.717, 1.165) is 26.7 Å². The molecule has 0 bridgehead atoms. The lowest BCUT2D eigenvalue weighted by Crippen LogP contribution is -2.04. The van der Waals surface area contributed by atoms with Crippen molar-refractivity contribution in [3.8, 4) is 0 Å². The number of aliphatic hydroxyl groups excluding tert-OH is 1. The molecule has 0 fully saturated rings. The van der Waals surface area contributed by atoms with Gasteiger partial charge in [0.25, 0.3) is 0 Å². The maximum atomic E-state index is 10.4. The van der Waals surface area contributed by atoms with Crippen molar-refractivity contribution in [2.24, 2.45) is 0 Å². The van der Waals surface area contributed by atoms with Crippen molar-refractivity contribution < 1.29 is 9.52 Å². The first-order valence-electron chi connectivity index (χ1n) is 6.42. The molecule has 0 amide bonds. The van der Waals surface area contributed by atoms with E-state index in [9.17, 15) is 5.11 Å². The minimum atomic E-state index is -0.615. The first-order valence-corrected chi connectivity index (χ1v) is 7.21. The average Bonchev–Trinajstić information content (AvgIpc) is 2.80. The molecule has 1 N–H and O–H groups in total. The fourth-order valence-corrected chi connectivity index (χ4v) is 2.77. The van der Waals surface area contributed by atoms with Crippen molar-refractivity contribution in [2.45, 2.75) is 19.4 Å². The van der Waals surface area contributed by atoms with Crippen LogP contribution in [-0.4, -0.2) is 10.1 Å². The molecule has 0 saturated heterocycles. The van der Waals surface area contributed by atoms with Crippen LogP contribution in [0, 0.1) is 6.92 Å². The Labute approximate surface area is 125 Å².